The fourth-order valence-corrected chi connectivity index (χ4v) is 1.39. The third kappa shape index (κ3) is 4.40. The van der Waals surface area contributed by atoms with Crippen molar-refractivity contribution >= 4 is 0 Å². The first-order chi connectivity index (χ1) is 7.26. The summed E-state index contributed by atoms with van der Waals surface area (Å²) < 4.78 is 5.12. The second kappa shape index (κ2) is 6.53. The predicted molar refractivity (Wildman–Crippen MR) is 61.8 cm³/mol. The molecule has 1 unspecified atom stereocenters. The summed E-state index contributed by atoms with van der Waals surface area (Å²) >= 11 is 0. The molecule has 1 aromatic rings. The van der Waals surface area contributed by atoms with Gasteiger partial charge in [0.05, 0.1) is 6.61 Å². The molecule has 15 heavy (non-hydrogen) atoms. The molecular weight excluding hydrogens is 188 g/mol. The summed E-state index contributed by atoms with van der Waals surface area (Å²) in [6.07, 6.45) is 3.00. The van der Waals surface area contributed by atoms with Gasteiger partial charge in [-0.05, 0) is 25.0 Å². The van der Waals surface area contributed by atoms with Crippen molar-refractivity contribution in [1.82, 2.24) is 10.3 Å². The average Bonchev–Trinajstić information content (AvgIpc) is 2.26. The summed E-state index contributed by atoms with van der Waals surface area (Å²) in [5.41, 5.74) is 2.28. The Morgan fingerprint density at radius 2 is 2.27 bits per heavy atom. The van der Waals surface area contributed by atoms with Gasteiger partial charge in [-0.3, -0.25) is 4.98 Å². The Morgan fingerprint density at radius 3 is 2.80 bits per heavy atom. The summed E-state index contributed by atoms with van der Waals surface area (Å²) in [7, 11) is 1.73. The molecule has 3 heteroatoms. The molecule has 0 bridgehead atoms. The molecule has 0 aliphatic heterocycles. The van der Waals surface area contributed by atoms with Gasteiger partial charge in [0, 0.05) is 31.6 Å². The first-order valence-electron chi connectivity index (χ1n) is 5.40. The van der Waals surface area contributed by atoms with E-state index in [-0.39, 0.29) is 0 Å². The van der Waals surface area contributed by atoms with Gasteiger partial charge >= 0.3 is 0 Å². The zero-order valence-electron chi connectivity index (χ0n) is 9.79. The van der Waals surface area contributed by atoms with Gasteiger partial charge in [0.1, 0.15) is 0 Å². The van der Waals surface area contributed by atoms with Gasteiger partial charge in [0.15, 0.2) is 0 Å². The zero-order valence-corrected chi connectivity index (χ0v) is 9.79. The molecule has 0 spiro atoms. The van der Waals surface area contributed by atoms with Crippen LogP contribution in [0.15, 0.2) is 18.3 Å². The molecule has 0 saturated heterocycles. The number of rotatable bonds is 6. The molecule has 1 rings (SSSR count). The van der Waals surface area contributed by atoms with Crippen molar-refractivity contribution < 1.29 is 4.74 Å². The summed E-state index contributed by atoms with van der Waals surface area (Å²) in [5, 5.41) is 3.44. The van der Waals surface area contributed by atoms with Crippen LogP contribution in [0.2, 0.25) is 0 Å². The van der Waals surface area contributed by atoms with Gasteiger partial charge in [-0.2, -0.15) is 0 Å². The summed E-state index contributed by atoms with van der Waals surface area (Å²) in [4.78, 5) is 4.26. The first-order valence-corrected chi connectivity index (χ1v) is 5.40. The number of hydrogen-bond acceptors (Lipinski definition) is 3. The highest BCUT2D eigenvalue weighted by molar-refractivity contribution is 5.12. The Kier molecular flexibility index (Phi) is 5.29. The number of nitrogens with zero attached hydrogens (tertiary/aromatic N) is 1. The number of methoxy groups -OCH3 is 1. The van der Waals surface area contributed by atoms with Gasteiger partial charge in [-0.25, -0.2) is 0 Å². The van der Waals surface area contributed by atoms with E-state index in [0.717, 1.165) is 25.3 Å². The summed E-state index contributed by atoms with van der Waals surface area (Å²) in [6.45, 7) is 5.77. The van der Waals surface area contributed by atoms with Crippen LogP contribution in [0.25, 0.3) is 0 Å². The second-order valence-corrected chi connectivity index (χ2v) is 3.75. The van der Waals surface area contributed by atoms with E-state index in [0.29, 0.717) is 6.04 Å². The van der Waals surface area contributed by atoms with Gasteiger partial charge in [0.2, 0.25) is 0 Å². The number of aromatic nitrogens is 1. The molecule has 3 nitrogen and oxygen atoms in total. The fourth-order valence-electron chi connectivity index (χ4n) is 1.39. The van der Waals surface area contributed by atoms with Crippen LogP contribution < -0.4 is 5.32 Å². The molecule has 0 amide bonds. The van der Waals surface area contributed by atoms with Crippen LogP contribution in [0.1, 0.15) is 24.6 Å². The normalized spacial score (nSPS) is 12.7. The predicted octanol–water partition coefficient (Wildman–Crippen LogP) is 1.90. The van der Waals surface area contributed by atoms with Gasteiger partial charge in [-0.15, -0.1) is 0 Å². The molecule has 84 valence electrons. The summed E-state index contributed by atoms with van der Waals surface area (Å²) in [5.74, 6) is 0. The highest BCUT2D eigenvalue weighted by Gasteiger charge is 2.04. The van der Waals surface area contributed by atoms with E-state index in [9.17, 15) is 0 Å². The first kappa shape index (κ1) is 12.1. The SMILES string of the molecule is CCC(COC)NCc1ccc(C)nc1. The van der Waals surface area contributed by atoms with Crippen molar-refractivity contribution in [2.45, 2.75) is 32.9 Å². The highest BCUT2D eigenvalue weighted by atomic mass is 16.5. The lowest BCUT2D eigenvalue weighted by Crippen LogP contribution is -2.32. The van der Waals surface area contributed by atoms with E-state index >= 15 is 0 Å². The third-order valence-electron chi connectivity index (χ3n) is 2.43. The monoisotopic (exact) mass is 208 g/mol. The molecular formula is C12H20N2O. The third-order valence-corrected chi connectivity index (χ3v) is 2.43. The van der Waals surface area contributed by atoms with E-state index in [1.165, 1.54) is 5.56 Å². The van der Waals surface area contributed by atoms with Crippen molar-refractivity contribution in [1.29, 1.82) is 0 Å². The van der Waals surface area contributed by atoms with E-state index in [1.807, 2.05) is 19.2 Å². The molecule has 0 aromatic carbocycles. The Morgan fingerprint density at radius 1 is 1.47 bits per heavy atom. The van der Waals surface area contributed by atoms with Crippen molar-refractivity contribution in [2.75, 3.05) is 13.7 Å². The van der Waals surface area contributed by atoms with Gasteiger partial charge in [0.25, 0.3) is 0 Å². The quantitative estimate of drug-likeness (QED) is 0.775. The van der Waals surface area contributed by atoms with E-state index in [1.54, 1.807) is 7.11 Å². The molecule has 0 aliphatic rings. The maximum Gasteiger partial charge on any atom is 0.0615 e. The van der Waals surface area contributed by atoms with Crippen LogP contribution in [0.4, 0.5) is 0 Å². The van der Waals surface area contributed by atoms with Gasteiger partial charge < -0.3 is 10.1 Å². The van der Waals surface area contributed by atoms with Crippen LogP contribution in [0.5, 0.6) is 0 Å². The van der Waals surface area contributed by atoms with Crippen LogP contribution in [0, 0.1) is 6.92 Å². The summed E-state index contributed by atoms with van der Waals surface area (Å²) in [6, 6.07) is 4.57. The molecule has 0 radical (unpaired) electrons. The minimum Gasteiger partial charge on any atom is -0.383 e. The standard InChI is InChI=1S/C12H20N2O/c1-4-12(9-15-3)14-8-11-6-5-10(2)13-7-11/h5-7,12,14H,4,8-9H2,1-3H3. The largest absolute Gasteiger partial charge is 0.383 e. The number of hydrogen-bond donors (Lipinski definition) is 1. The minimum atomic E-state index is 0.427. The fraction of sp³-hybridized carbons (Fsp3) is 0.583. The van der Waals surface area contributed by atoms with Crippen molar-refractivity contribution in [3.05, 3.63) is 29.6 Å². The second-order valence-electron chi connectivity index (χ2n) is 3.75. The Labute approximate surface area is 91.9 Å². The molecule has 0 saturated carbocycles. The lowest BCUT2D eigenvalue weighted by Gasteiger charge is -2.15. The van der Waals surface area contributed by atoms with Crippen LogP contribution in [0.3, 0.4) is 0 Å². The Balaban J connectivity index is 2.38. The van der Waals surface area contributed by atoms with E-state index < -0.39 is 0 Å². The number of ether oxygens (including phenoxy) is 1. The van der Waals surface area contributed by atoms with Crippen molar-refractivity contribution in [3.63, 3.8) is 0 Å². The van der Waals surface area contributed by atoms with Crippen molar-refractivity contribution in [2.24, 2.45) is 0 Å². The Bertz CT molecular complexity index is 271. The number of nitrogens with one attached hydrogen (secondary N) is 1. The maximum absolute atomic E-state index is 5.12. The molecule has 1 N–H and O–H groups in total. The van der Waals surface area contributed by atoms with E-state index in [2.05, 4.69) is 23.3 Å². The number of pyridine rings is 1. The van der Waals surface area contributed by atoms with Gasteiger partial charge in [-0.1, -0.05) is 13.0 Å². The minimum absolute atomic E-state index is 0.427. The molecule has 1 aromatic heterocycles. The maximum atomic E-state index is 5.12. The molecule has 0 fully saturated rings. The average molecular weight is 208 g/mol. The Hall–Kier alpha value is -0.930. The van der Waals surface area contributed by atoms with Crippen molar-refractivity contribution in [3.8, 4) is 0 Å². The molecule has 1 atom stereocenters. The van der Waals surface area contributed by atoms with Crippen LogP contribution >= 0.6 is 0 Å². The zero-order chi connectivity index (χ0) is 11.1. The molecule has 0 aliphatic carbocycles. The number of aryl methyl sites for hydroxylation is 1. The van der Waals surface area contributed by atoms with E-state index in [4.69, 9.17) is 4.74 Å². The highest BCUT2D eigenvalue weighted by Crippen LogP contribution is 2.00. The van der Waals surface area contributed by atoms with Crippen LogP contribution in [-0.2, 0) is 11.3 Å². The topological polar surface area (TPSA) is 34.1 Å². The lowest BCUT2D eigenvalue weighted by atomic mass is 10.2. The smallest absolute Gasteiger partial charge is 0.0615 e. The lowest BCUT2D eigenvalue weighted by molar-refractivity contribution is 0.164. The van der Waals surface area contributed by atoms with Crippen LogP contribution in [-0.4, -0.2) is 24.7 Å². The molecule has 1 heterocycles.